The average molecular weight is 198 g/mol. The van der Waals surface area contributed by atoms with E-state index in [2.05, 4.69) is 31.1 Å². The average Bonchev–Trinajstić information content (AvgIpc) is 2.14. The lowest BCUT2D eigenvalue weighted by Gasteiger charge is -2.10. The van der Waals surface area contributed by atoms with Crippen molar-refractivity contribution in [2.75, 3.05) is 13.1 Å². The first kappa shape index (κ1) is 13.2. The first-order chi connectivity index (χ1) is 6.56. The highest BCUT2D eigenvalue weighted by Gasteiger charge is 2.02. The van der Waals surface area contributed by atoms with E-state index in [4.69, 9.17) is 0 Å². The highest BCUT2D eigenvalue weighted by Crippen LogP contribution is 1.88. The fraction of sp³-hybridized carbons (Fsp3) is 0.727. The Bertz CT molecular complexity index is 178. The molecule has 2 N–H and O–H groups in total. The summed E-state index contributed by atoms with van der Waals surface area (Å²) < 4.78 is 0. The molecule has 82 valence electrons. The van der Waals surface area contributed by atoms with Crippen LogP contribution >= 0.6 is 0 Å². The molecule has 0 fully saturated rings. The van der Waals surface area contributed by atoms with Gasteiger partial charge >= 0.3 is 0 Å². The van der Waals surface area contributed by atoms with E-state index in [0.717, 1.165) is 6.54 Å². The van der Waals surface area contributed by atoms with Crippen molar-refractivity contribution < 1.29 is 4.79 Å². The number of hydrogen-bond donors (Lipinski definition) is 2. The quantitative estimate of drug-likeness (QED) is 0.606. The van der Waals surface area contributed by atoms with Gasteiger partial charge in [-0.25, -0.2) is 0 Å². The third-order valence-electron chi connectivity index (χ3n) is 1.88. The van der Waals surface area contributed by atoms with Crippen LogP contribution in [0.25, 0.3) is 0 Å². The second kappa shape index (κ2) is 7.56. The molecule has 1 amide bonds. The summed E-state index contributed by atoms with van der Waals surface area (Å²) in [6.45, 7) is 11.3. The number of carbonyl (C=O) groups is 1. The molecule has 0 heterocycles. The van der Waals surface area contributed by atoms with Crippen LogP contribution in [0.4, 0.5) is 0 Å². The molecule has 0 bridgehead atoms. The molecule has 0 saturated heterocycles. The highest BCUT2D eigenvalue weighted by atomic mass is 16.1. The van der Waals surface area contributed by atoms with Crippen molar-refractivity contribution in [2.45, 2.75) is 33.2 Å². The summed E-state index contributed by atoms with van der Waals surface area (Å²) in [4.78, 5) is 11.2. The standard InChI is InChI=1S/C11H22N2O/c1-5-10(4)12-7-6-11(14)13-8-9(2)3/h5,9-10,12H,1,6-8H2,2-4H3,(H,13,14). The van der Waals surface area contributed by atoms with E-state index in [1.807, 2.05) is 13.0 Å². The van der Waals surface area contributed by atoms with Gasteiger partial charge in [-0.2, -0.15) is 0 Å². The maximum atomic E-state index is 11.2. The zero-order chi connectivity index (χ0) is 11.0. The minimum atomic E-state index is 0.113. The molecule has 14 heavy (non-hydrogen) atoms. The van der Waals surface area contributed by atoms with Crippen LogP contribution in [0.3, 0.4) is 0 Å². The first-order valence-electron chi connectivity index (χ1n) is 5.19. The fourth-order valence-electron chi connectivity index (χ4n) is 0.903. The van der Waals surface area contributed by atoms with Gasteiger partial charge in [0, 0.05) is 25.6 Å². The molecule has 1 unspecified atom stereocenters. The summed E-state index contributed by atoms with van der Waals surface area (Å²) in [6.07, 6.45) is 2.36. The Morgan fingerprint density at radius 2 is 2.07 bits per heavy atom. The van der Waals surface area contributed by atoms with E-state index >= 15 is 0 Å². The van der Waals surface area contributed by atoms with Crippen molar-refractivity contribution in [2.24, 2.45) is 5.92 Å². The summed E-state index contributed by atoms with van der Waals surface area (Å²) in [6, 6.07) is 0.271. The minimum absolute atomic E-state index is 0.113. The Hall–Kier alpha value is -0.830. The van der Waals surface area contributed by atoms with Crippen LogP contribution in [0.2, 0.25) is 0 Å². The van der Waals surface area contributed by atoms with Crippen LogP contribution in [0.1, 0.15) is 27.2 Å². The van der Waals surface area contributed by atoms with Crippen LogP contribution in [-0.2, 0) is 4.79 Å². The summed E-state index contributed by atoms with van der Waals surface area (Å²) in [7, 11) is 0. The Kier molecular flexibility index (Phi) is 7.11. The van der Waals surface area contributed by atoms with Gasteiger partial charge in [0.1, 0.15) is 0 Å². The SMILES string of the molecule is C=CC(C)NCCC(=O)NCC(C)C. The number of carbonyl (C=O) groups excluding carboxylic acids is 1. The molecule has 0 radical (unpaired) electrons. The van der Waals surface area contributed by atoms with Crippen LogP contribution in [0, 0.1) is 5.92 Å². The van der Waals surface area contributed by atoms with Crippen molar-refractivity contribution in [1.29, 1.82) is 0 Å². The van der Waals surface area contributed by atoms with Crippen LogP contribution < -0.4 is 10.6 Å². The summed E-state index contributed by atoms with van der Waals surface area (Å²) in [5.41, 5.74) is 0. The summed E-state index contributed by atoms with van der Waals surface area (Å²) in [5, 5.41) is 6.04. The van der Waals surface area contributed by atoms with Gasteiger partial charge in [-0.1, -0.05) is 19.9 Å². The predicted octanol–water partition coefficient (Wildman–Crippen LogP) is 1.31. The lowest BCUT2D eigenvalue weighted by molar-refractivity contribution is -0.121. The lowest BCUT2D eigenvalue weighted by atomic mass is 10.2. The second-order valence-electron chi connectivity index (χ2n) is 3.93. The molecule has 3 nitrogen and oxygen atoms in total. The van der Waals surface area contributed by atoms with E-state index in [-0.39, 0.29) is 11.9 Å². The first-order valence-corrected chi connectivity index (χ1v) is 5.19. The van der Waals surface area contributed by atoms with Gasteiger partial charge < -0.3 is 10.6 Å². The molecule has 0 rings (SSSR count). The maximum Gasteiger partial charge on any atom is 0.221 e. The molecule has 0 aromatic heterocycles. The second-order valence-corrected chi connectivity index (χ2v) is 3.93. The molecule has 0 aromatic carbocycles. The highest BCUT2D eigenvalue weighted by molar-refractivity contribution is 5.76. The third kappa shape index (κ3) is 7.80. The van der Waals surface area contributed by atoms with E-state index < -0.39 is 0 Å². The number of amides is 1. The monoisotopic (exact) mass is 198 g/mol. The van der Waals surface area contributed by atoms with E-state index in [0.29, 0.717) is 18.9 Å². The molecule has 0 aliphatic rings. The van der Waals surface area contributed by atoms with Gasteiger partial charge in [0.15, 0.2) is 0 Å². The normalized spacial score (nSPS) is 12.6. The van der Waals surface area contributed by atoms with Crippen molar-refractivity contribution in [1.82, 2.24) is 10.6 Å². The predicted molar refractivity (Wildman–Crippen MR) is 60.1 cm³/mol. The third-order valence-corrected chi connectivity index (χ3v) is 1.88. The molecule has 0 aromatic rings. The van der Waals surface area contributed by atoms with Gasteiger partial charge in [-0.3, -0.25) is 4.79 Å². The molecule has 1 atom stereocenters. The van der Waals surface area contributed by atoms with Gasteiger partial charge in [-0.05, 0) is 12.8 Å². The van der Waals surface area contributed by atoms with Crippen molar-refractivity contribution >= 4 is 5.91 Å². The largest absolute Gasteiger partial charge is 0.356 e. The van der Waals surface area contributed by atoms with Crippen molar-refractivity contribution in [3.8, 4) is 0 Å². The Morgan fingerprint density at radius 1 is 1.43 bits per heavy atom. The van der Waals surface area contributed by atoms with Gasteiger partial charge in [0.2, 0.25) is 5.91 Å². The van der Waals surface area contributed by atoms with Crippen LogP contribution in [0.5, 0.6) is 0 Å². The van der Waals surface area contributed by atoms with Crippen LogP contribution in [-0.4, -0.2) is 25.0 Å². The summed E-state index contributed by atoms with van der Waals surface area (Å²) >= 11 is 0. The van der Waals surface area contributed by atoms with Gasteiger partial charge in [0.05, 0.1) is 0 Å². The number of rotatable bonds is 7. The zero-order valence-corrected chi connectivity index (χ0v) is 9.47. The molecule has 0 spiro atoms. The van der Waals surface area contributed by atoms with Gasteiger partial charge in [0.25, 0.3) is 0 Å². The molecular formula is C11H22N2O. The van der Waals surface area contributed by atoms with Crippen molar-refractivity contribution in [3.63, 3.8) is 0 Å². The Balaban J connectivity index is 3.40. The van der Waals surface area contributed by atoms with Crippen LogP contribution in [0.15, 0.2) is 12.7 Å². The zero-order valence-electron chi connectivity index (χ0n) is 9.47. The number of nitrogens with one attached hydrogen (secondary N) is 2. The fourth-order valence-corrected chi connectivity index (χ4v) is 0.903. The topological polar surface area (TPSA) is 41.1 Å². The summed E-state index contributed by atoms with van der Waals surface area (Å²) in [5.74, 6) is 0.626. The number of hydrogen-bond acceptors (Lipinski definition) is 2. The minimum Gasteiger partial charge on any atom is -0.356 e. The molecule has 0 saturated carbocycles. The molecule has 3 heteroatoms. The Morgan fingerprint density at radius 3 is 2.57 bits per heavy atom. The lowest BCUT2D eigenvalue weighted by Crippen LogP contribution is -2.32. The van der Waals surface area contributed by atoms with Gasteiger partial charge in [-0.15, -0.1) is 6.58 Å². The molecule has 0 aliphatic heterocycles. The smallest absolute Gasteiger partial charge is 0.221 e. The Labute approximate surface area is 87.0 Å². The van der Waals surface area contributed by atoms with E-state index in [9.17, 15) is 4.79 Å². The molecular weight excluding hydrogens is 176 g/mol. The van der Waals surface area contributed by atoms with E-state index in [1.165, 1.54) is 0 Å². The maximum absolute atomic E-state index is 11.2. The molecule has 0 aliphatic carbocycles. The van der Waals surface area contributed by atoms with Crippen molar-refractivity contribution in [3.05, 3.63) is 12.7 Å². The van der Waals surface area contributed by atoms with E-state index in [1.54, 1.807) is 0 Å².